The number of aryl methyl sites for hydroxylation is 1. The molecule has 0 spiro atoms. The fraction of sp³-hybridized carbons (Fsp3) is 0.346. The Labute approximate surface area is 201 Å². The van der Waals surface area contributed by atoms with E-state index in [-0.39, 0.29) is 0 Å². The van der Waals surface area contributed by atoms with Gasteiger partial charge in [0.25, 0.3) is 0 Å². The van der Waals surface area contributed by atoms with Crippen molar-refractivity contribution in [2.45, 2.75) is 39.3 Å². The van der Waals surface area contributed by atoms with Crippen LogP contribution < -0.4 is 20.4 Å². The van der Waals surface area contributed by atoms with Crippen LogP contribution in [-0.2, 0) is 19.5 Å². The highest BCUT2D eigenvalue weighted by Gasteiger charge is 2.21. The smallest absolute Gasteiger partial charge is 0.232 e. The minimum atomic E-state index is 0.532. The third-order valence-electron chi connectivity index (χ3n) is 6.38. The molecule has 33 heavy (non-hydrogen) atoms. The van der Waals surface area contributed by atoms with Crippen LogP contribution in [0.3, 0.4) is 0 Å². The van der Waals surface area contributed by atoms with E-state index in [4.69, 9.17) is 22.2 Å². The van der Waals surface area contributed by atoms with Crippen LogP contribution in [0.2, 0.25) is 0 Å². The van der Waals surface area contributed by atoms with Crippen molar-refractivity contribution in [1.82, 2.24) is 15.3 Å². The van der Waals surface area contributed by atoms with Gasteiger partial charge in [-0.25, -0.2) is 0 Å². The average molecular weight is 459 g/mol. The van der Waals surface area contributed by atoms with E-state index in [1.165, 1.54) is 35.1 Å². The van der Waals surface area contributed by atoms with Crippen molar-refractivity contribution >= 4 is 34.9 Å². The molecule has 2 aliphatic rings. The number of rotatable bonds is 5. The second kappa shape index (κ2) is 9.75. The largest absolute Gasteiger partial charge is 0.358 e. The van der Waals surface area contributed by atoms with Crippen molar-refractivity contribution in [2.75, 3.05) is 34.8 Å². The van der Waals surface area contributed by atoms with Crippen LogP contribution in [0, 0.1) is 6.92 Å². The minimum Gasteiger partial charge on any atom is -0.358 e. The second-order valence-corrected chi connectivity index (χ2v) is 9.24. The van der Waals surface area contributed by atoms with Gasteiger partial charge in [-0.15, -0.1) is 0 Å². The van der Waals surface area contributed by atoms with Gasteiger partial charge in [0.1, 0.15) is 11.6 Å². The predicted molar refractivity (Wildman–Crippen MR) is 139 cm³/mol. The zero-order valence-corrected chi connectivity index (χ0v) is 19.9. The molecule has 0 amide bonds. The number of hydrogen-bond acceptors (Lipinski definition) is 5. The Morgan fingerprint density at radius 1 is 0.909 bits per heavy atom. The Morgan fingerprint density at radius 2 is 1.61 bits per heavy atom. The number of benzene rings is 2. The fourth-order valence-corrected chi connectivity index (χ4v) is 4.64. The normalized spacial score (nSPS) is 15.3. The number of nitrogens with one attached hydrogen (secondary N) is 2. The van der Waals surface area contributed by atoms with E-state index in [0.717, 1.165) is 44.2 Å². The second-order valence-electron chi connectivity index (χ2n) is 8.84. The summed E-state index contributed by atoms with van der Waals surface area (Å²) in [5, 5.41) is 7.04. The summed E-state index contributed by atoms with van der Waals surface area (Å²) in [5.74, 6) is 2.47. The van der Waals surface area contributed by atoms with E-state index >= 15 is 0 Å². The first-order valence-electron chi connectivity index (χ1n) is 11.7. The van der Waals surface area contributed by atoms with Gasteiger partial charge in [0.15, 0.2) is 5.11 Å². The molecule has 6 nitrogen and oxygen atoms in total. The number of thiocarbonyl (C=S) groups is 1. The molecule has 3 heterocycles. The Balaban J connectivity index is 1.33. The quantitative estimate of drug-likeness (QED) is 0.549. The molecular formula is C26H30N6S. The Kier molecular flexibility index (Phi) is 6.39. The van der Waals surface area contributed by atoms with E-state index in [1.54, 1.807) is 0 Å². The van der Waals surface area contributed by atoms with Gasteiger partial charge in [-0.1, -0.05) is 54.1 Å². The van der Waals surface area contributed by atoms with Crippen LogP contribution in [0.4, 0.5) is 17.6 Å². The van der Waals surface area contributed by atoms with Gasteiger partial charge in [-0.2, -0.15) is 9.97 Å². The Bertz CT molecular complexity index is 1120. The van der Waals surface area contributed by atoms with E-state index in [1.807, 2.05) is 0 Å². The molecule has 0 aliphatic carbocycles. The molecule has 2 aliphatic heterocycles. The van der Waals surface area contributed by atoms with Gasteiger partial charge < -0.3 is 20.4 Å². The summed E-state index contributed by atoms with van der Waals surface area (Å²) in [5.41, 5.74) is 5.24. The predicted octanol–water partition coefficient (Wildman–Crippen LogP) is 4.43. The van der Waals surface area contributed by atoms with Crippen molar-refractivity contribution in [3.05, 3.63) is 76.9 Å². The topological polar surface area (TPSA) is 56.3 Å². The van der Waals surface area contributed by atoms with Gasteiger partial charge in [0, 0.05) is 38.8 Å². The monoisotopic (exact) mass is 458 g/mol. The first-order valence-corrected chi connectivity index (χ1v) is 12.1. The van der Waals surface area contributed by atoms with Crippen LogP contribution in [0.1, 0.15) is 35.1 Å². The fourth-order valence-electron chi connectivity index (χ4n) is 4.47. The molecule has 0 bridgehead atoms. The molecule has 0 atom stereocenters. The summed E-state index contributed by atoms with van der Waals surface area (Å²) in [7, 11) is 0. The van der Waals surface area contributed by atoms with Crippen molar-refractivity contribution in [3.8, 4) is 0 Å². The summed E-state index contributed by atoms with van der Waals surface area (Å²) < 4.78 is 0. The first-order chi connectivity index (χ1) is 16.1. The highest BCUT2D eigenvalue weighted by atomic mass is 32.1. The van der Waals surface area contributed by atoms with Crippen molar-refractivity contribution in [2.24, 2.45) is 0 Å². The van der Waals surface area contributed by atoms with Crippen LogP contribution in [0.25, 0.3) is 0 Å². The molecule has 1 aromatic heterocycles. The Hall–Kier alpha value is -3.19. The lowest BCUT2D eigenvalue weighted by atomic mass is 10.00. The van der Waals surface area contributed by atoms with E-state index in [2.05, 4.69) is 82.0 Å². The van der Waals surface area contributed by atoms with Gasteiger partial charge in [-0.3, -0.25) is 0 Å². The molecule has 5 rings (SSSR count). The lowest BCUT2D eigenvalue weighted by molar-refractivity contribution is 0.719. The number of aromatic nitrogens is 2. The molecule has 170 valence electrons. The van der Waals surface area contributed by atoms with Gasteiger partial charge in [0.2, 0.25) is 5.95 Å². The van der Waals surface area contributed by atoms with Crippen molar-refractivity contribution in [1.29, 1.82) is 0 Å². The summed E-state index contributed by atoms with van der Waals surface area (Å²) in [6, 6.07) is 19.3. The maximum Gasteiger partial charge on any atom is 0.232 e. The lowest BCUT2D eigenvalue weighted by Crippen LogP contribution is -2.33. The molecule has 7 heteroatoms. The summed E-state index contributed by atoms with van der Waals surface area (Å²) in [6.07, 6.45) is 3.43. The van der Waals surface area contributed by atoms with E-state index in [9.17, 15) is 0 Å². The van der Waals surface area contributed by atoms with Crippen LogP contribution in [0.5, 0.6) is 0 Å². The van der Waals surface area contributed by atoms with E-state index < -0.39 is 0 Å². The molecule has 3 aromatic rings. The molecular weight excluding hydrogens is 428 g/mol. The van der Waals surface area contributed by atoms with Crippen LogP contribution >= 0.6 is 12.2 Å². The van der Waals surface area contributed by atoms with E-state index in [0.29, 0.717) is 17.6 Å². The SMILES string of the molecule is Cc1ccc(CNC(=S)Nc2nc(N3CCCC3)cc(N3CCc4ccccc4C3)n2)cc1. The highest BCUT2D eigenvalue weighted by Crippen LogP contribution is 2.28. The lowest BCUT2D eigenvalue weighted by Gasteiger charge is -2.30. The summed E-state index contributed by atoms with van der Waals surface area (Å²) >= 11 is 5.56. The molecule has 0 radical (unpaired) electrons. The van der Waals surface area contributed by atoms with Gasteiger partial charge in [-0.05, 0) is 55.1 Å². The zero-order chi connectivity index (χ0) is 22.6. The number of nitrogens with zero attached hydrogens (tertiary/aromatic N) is 4. The van der Waals surface area contributed by atoms with Gasteiger partial charge in [0.05, 0.1) is 0 Å². The Morgan fingerprint density at radius 3 is 2.36 bits per heavy atom. The molecule has 0 saturated carbocycles. The first kappa shape index (κ1) is 21.6. The van der Waals surface area contributed by atoms with Gasteiger partial charge >= 0.3 is 0 Å². The third kappa shape index (κ3) is 5.25. The number of anilines is 3. The number of fused-ring (bicyclic) bond motifs is 1. The van der Waals surface area contributed by atoms with Crippen molar-refractivity contribution in [3.63, 3.8) is 0 Å². The minimum absolute atomic E-state index is 0.532. The summed E-state index contributed by atoms with van der Waals surface area (Å²) in [6.45, 7) is 6.63. The molecule has 2 aromatic carbocycles. The number of hydrogen-bond donors (Lipinski definition) is 2. The standard InChI is InChI=1S/C26H30N6S/c1-19-8-10-20(11-9-19)17-27-26(33)30-25-28-23(31-13-4-5-14-31)16-24(29-25)32-15-12-21-6-2-3-7-22(21)18-32/h2-3,6-11,16H,4-5,12-15,17-18H2,1H3,(H2,27,28,29,30,33). The molecule has 0 unspecified atom stereocenters. The maximum absolute atomic E-state index is 5.56. The van der Waals surface area contributed by atoms with Crippen molar-refractivity contribution < 1.29 is 0 Å². The third-order valence-corrected chi connectivity index (χ3v) is 6.63. The molecule has 1 fully saturated rings. The maximum atomic E-state index is 5.56. The van der Waals surface area contributed by atoms with Crippen LogP contribution in [-0.4, -0.2) is 34.7 Å². The average Bonchev–Trinajstić information content (AvgIpc) is 3.38. The molecule has 2 N–H and O–H groups in total. The molecule has 1 saturated heterocycles. The van der Waals surface area contributed by atoms with Crippen LogP contribution in [0.15, 0.2) is 54.6 Å². The summed E-state index contributed by atoms with van der Waals surface area (Å²) in [4.78, 5) is 14.4. The zero-order valence-electron chi connectivity index (χ0n) is 19.1. The highest BCUT2D eigenvalue weighted by molar-refractivity contribution is 7.80.